The van der Waals surface area contributed by atoms with E-state index in [0.717, 1.165) is 4.88 Å². The minimum Gasteiger partial charge on any atom is -0.466 e. The van der Waals surface area contributed by atoms with Crippen LogP contribution in [0.5, 0.6) is 0 Å². The maximum Gasteiger partial charge on any atom is 0.314 e. The van der Waals surface area contributed by atoms with Gasteiger partial charge in [0.1, 0.15) is 0 Å². The van der Waals surface area contributed by atoms with Crippen LogP contribution in [0.1, 0.15) is 24.6 Å². The van der Waals surface area contributed by atoms with Gasteiger partial charge < -0.3 is 4.74 Å². The lowest BCUT2D eigenvalue weighted by Crippen LogP contribution is -2.11. The number of aromatic nitrogens is 1. The molecule has 0 N–H and O–H groups in total. The molecule has 0 saturated heterocycles. The number of rotatable bonds is 3. The first kappa shape index (κ1) is 9.19. The van der Waals surface area contributed by atoms with Gasteiger partial charge >= 0.3 is 5.97 Å². The Bertz CT molecular complexity index is 246. The van der Waals surface area contributed by atoms with Crippen molar-refractivity contribution in [1.29, 1.82) is 0 Å². The molecule has 1 atom stereocenters. The second-order valence-corrected chi connectivity index (χ2v) is 3.30. The van der Waals surface area contributed by atoms with Crippen LogP contribution in [0.3, 0.4) is 0 Å². The third-order valence-corrected chi connectivity index (χ3v) is 2.48. The SMILES string of the molecule is CCOC(=O)C(C)c1cncs1. The Labute approximate surface area is 75.4 Å². The Kier molecular flexibility index (Phi) is 3.22. The van der Waals surface area contributed by atoms with Gasteiger partial charge in [-0.25, -0.2) is 0 Å². The van der Waals surface area contributed by atoms with Crippen LogP contribution in [-0.2, 0) is 9.53 Å². The smallest absolute Gasteiger partial charge is 0.314 e. The molecular formula is C8H11NO2S. The Hall–Kier alpha value is -0.900. The molecule has 1 unspecified atom stereocenters. The van der Waals surface area contributed by atoms with Gasteiger partial charge in [0.05, 0.1) is 18.0 Å². The second-order valence-electron chi connectivity index (χ2n) is 2.38. The number of hydrogen-bond donors (Lipinski definition) is 0. The fourth-order valence-corrected chi connectivity index (χ4v) is 1.49. The van der Waals surface area contributed by atoms with E-state index in [2.05, 4.69) is 4.98 Å². The zero-order chi connectivity index (χ0) is 8.97. The maximum atomic E-state index is 11.2. The lowest BCUT2D eigenvalue weighted by molar-refractivity contribution is -0.144. The highest BCUT2D eigenvalue weighted by atomic mass is 32.1. The molecule has 0 saturated carbocycles. The van der Waals surface area contributed by atoms with Crippen molar-refractivity contribution >= 4 is 17.3 Å². The number of carbonyl (C=O) groups is 1. The molecule has 0 aliphatic rings. The molecule has 0 amide bonds. The lowest BCUT2D eigenvalue weighted by Gasteiger charge is -2.06. The van der Waals surface area contributed by atoms with E-state index in [1.807, 2.05) is 6.92 Å². The molecule has 3 nitrogen and oxygen atoms in total. The standard InChI is InChI=1S/C8H11NO2S/c1-3-11-8(10)6(2)7-4-9-5-12-7/h4-6H,3H2,1-2H3. The lowest BCUT2D eigenvalue weighted by atomic mass is 10.1. The molecule has 66 valence electrons. The molecule has 0 bridgehead atoms. The number of esters is 1. The van der Waals surface area contributed by atoms with Gasteiger partial charge in [0.25, 0.3) is 0 Å². The fourth-order valence-electron chi connectivity index (χ4n) is 0.823. The second kappa shape index (κ2) is 4.21. The topological polar surface area (TPSA) is 39.2 Å². The predicted molar refractivity (Wildman–Crippen MR) is 47.2 cm³/mol. The third-order valence-electron chi connectivity index (χ3n) is 1.52. The highest BCUT2D eigenvalue weighted by Gasteiger charge is 2.17. The Morgan fingerprint density at radius 1 is 1.83 bits per heavy atom. The summed E-state index contributed by atoms with van der Waals surface area (Å²) in [6, 6.07) is 0. The minimum absolute atomic E-state index is 0.179. The normalized spacial score (nSPS) is 12.5. The number of ether oxygens (including phenoxy) is 1. The van der Waals surface area contributed by atoms with E-state index in [1.54, 1.807) is 18.6 Å². The van der Waals surface area contributed by atoms with Crippen molar-refractivity contribution in [1.82, 2.24) is 4.98 Å². The van der Waals surface area contributed by atoms with Crippen molar-refractivity contribution in [2.75, 3.05) is 6.61 Å². The quantitative estimate of drug-likeness (QED) is 0.674. The van der Waals surface area contributed by atoms with Gasteiger partial charge in [-0.2, -0.15) is 0 Å². The molecule has 0 aliphatic heterocycles. The van der Waals surface area contributed by atoms with Crippen LogP contribution in [-0.4, -0.2) is 17.6 Å². The maximum absolute atomic E-state index is 11.2. The Morgan fingerprint density at radius 2 is 2.58 bits per heavy atom. The van der Waals surface area contributed by atoms with Crippen molar-refractivity contribution in [3.8, 4) is 0 Å². The number of carbonyl (C=O) groups excluding carboxylic acids is 1. The molecule has 1 aromatic heterocycles. The van der Waals surface area contributed by atoms with Gasteiger partial charge in [0.2, 0.25) is 0 Å². The van der Waals surface area contributed by atoms with Crippen LogP contribution in [0.2, 0.25) is 0 Å². The Balaban J connectivity index is 2.59. The van der Waals surface area contributed by atoms with Gasteiger partial charge in [0, 0.05) is 11.1 Å². The molecule has 4 heteroatoms. The monoisotopic (exact) mass is 185 g/mol. The summed E-state index contributed by atoms with van der Waals surface area (Å²) in [4.78, 5) is 16.0. The molecular weight excluding hydrogens is 174 g/mol. The van der Waals surface area contributed by atoms with Crippen LogP contribution in [0.15, 0.2) is 11.7 Å². The van der Waals surface area contributed by atoms with Gasteiger partial charge in [-0.3, -0.25) is 9.78 Å². The summed E-state index contributed by atoms with van der Waals surface area (Å²) in [6.07, 6.45) is 1.70. The van der Waals surface area contributed by atoms with E-state index in [0.29, 0.717) is 6.61 Å². The van der Waals surface area contributed by atoms with Crippen LogP contribution in [0.25, 0.3) is 0 Å². The van der Waals surface area contributed by atoms with E-state index in [9.17, 15) is 4.79 Å². The predicted octanol–water partition coefficient (Wildman–Crippen LogP) is 1.81. The highest BCUT2D eigenvalue weighted by molar-refractivity contribution is 7.09. The van der Waals surface area contributed by atoms with Crippen LogP contribution in [0, 0.1) is 0 Å². The van der Waals surface area contributed by atoms with E-state index < -0.39 is 0 Å². The van der Waals surface area contributed by atoms with E-state index in [4.69, 9.17) is 4.74 Å². The van der Waals surface area contributed by atoms with Gasteiger partial charge in [0.15, 0.2) is 0 Å². The summed E-state index contributed by atoms with van der Waals surface area (Å²) in [5.74, 6) is -0.362. The average Bonchev–Trinajstić information content (AvgIpc) is 2.55. The van der Waals surface area contributed by atoms with Crippen molar-refractivity contribution in [2.24, 2.45) is 0 Å². The number of thiazole rings is 1. The summed E-state index contributed by atoms with van der Waals surface area (Å²) in [5.41, 5.74) is 1.71. The third kappa shape index (κ3) is 2.04. The number of hydrogen-bond acceptors (Lipinski definition) is 4. The molecule has 1 heterocycles. The molecule has 0 aliphatic carbocycles. The average molecular weight is 185 g/mol. The van der Waals surface area contributed by atoms with Crippen molar-refractivity contribution in [3.05, 3.63) is 16.6 Å². The molecule has 12 heavy (non-hydrogen) atoms. The molecule has 0 radical (unpaired) electrons. The summed E-state index contributed by atoms with van der Waals surface area (Å²) in [5, 5.41) is 0. The van der Waals surface area contributed by atoms with E-state index in [-0.39, 0.29) is 11.9 Å². The zero-order valence-corrected chi connectivity index (χ0v) is 7.93. The first-order valence-electron chi connectivity index (χ1n) is 3.80. The van der Waals surface area contributed by atoms with Crippen LogP contribution < -0.4 is 0 Å². The molecule has 1 aromatic rings. The molecule has 0 spiro atoms. The highest BCUT2D eigenvalue weighted by Crippen LogP contribution is 2.19. The summed E-state index contributed by atoms with van der Waals surface area (Å²) in [7, 11) is 0. The molecule has 0 aromatic carbocycles. The summed E-state index contributed by atoms with van der Waals surface area (Å²) in [6.45, 7) is 4.06. The minimum atomic E-state index is -0.183. The van der Waals surface area contributed by atoms with Crippen LogP contribution >= 0.6 is 11.3 Å². The van der Waals surface area contributed by atoms with Gasteiger partial charge in [-0.15, -0.1) is 11.3 Å². The summed E-state index contributed by atoms with van der Waals surface area (Å²) < 4.78 is 4.87. The van der Waals surface area contributed by atoms with Gasteiger partial charge in [-0.05, 0) is 13.8 Å². The van der Waals surface area contributed by atoms with Crippen LogP contribution in [0.4, 0.5) is 0 Å². The van der Waals surface area contributed by atoms with E-state index in [1.165, 1.54) is 11.3 Å². The first-order valence-corrected chi connectivity index (χ1v) is 4.68. The zero-order valence-electron chi connectivity index (χ0n) is 7.11. The number of nitrogens with zero attached hydrogens (tertiary/aromatic N) is 1. The van der Waals surface area contributed by atoms with Crippen molar-refractivity contribution in [3.63, 3.8) is 0 Å². The first-order chi connectivity index (χ1) is 5.75. The largest absolute Gasteiger partial charge is 0.466 e. The van der Waals surface area contributed by atoms with Crippen molar-refractivity contribution in [2.45, 2.75) is 19.8 Å². The molecule has 1 rings (SSSR count). The van der Waals surface area contributed by atoms with Crippen molar-refractivity contribution < 1.29 is 9.53 Å². The Morgan fingerprint density at radius 3 is 3.08 bits per heavy atom. The van der Waals surface area contributed by atoms with Gasteiger partial charge in [-0.1, -0.05) is 0 Å². The summed E-state index contributed by atoms with van der Waals surface area (Å²) >= 11 is 1.47. The fraction of sp³-hybridized carbons (Fsp3) is 0.500. The van der Waals surface area contributed by atoms with E-state index >= 15 is 0 Å². The molecule has 0 fully saturated rings.